The second-order valence-electron chi connectivity index (χ2n) is 7.22. The van der Waals surface area contributed by atoms with Gasteiger partial charge in [0.15, 0.2) is 5.17 Å². The normalized spacial score (nSPS) is 14.4. The number of ether oxygens (including phenoxy) is 1. The number of fused-ring (bicyclic) bond motifs is 1. The van der Waals surface area contributed by atoms with Crippen LogP contribution in [0.1, 0.15) is 13.8 Å². The van der Waals surface area contributed by atoms with E-state index in [9.17, 15) is 0 Å². The molecule has 0 unspecified atom stereocenters. The Morgan fingerprint density at radius 2 is 2.00 bits per heavy atom. The van der Waals surface area contributed by atoms with Crippen molar-refractivity contribution in [3.8, 4) is 17.1 Å². The van der Waals surface area contributed by atoms with E-state index in [1.54, 1.807) is 6.33 Å². The monoisotopic (exact) mass is 424 g/mol. The van der Waals surface area contributed by atoms with Gasteiger partial charge in [-0.05, 0) is 43.8 Å². The van der Waals surface area contributed by atoms with Crippen LogP contribution in [-0.4, -0.2) is 68.1 Å². The van der Waals surface area contributed by atoms with E-state index in [0.717, 1.165) is 71.8 Å². The number of aromatic nitrogens is 4. The molecule has 2 aromatic heterocycles. The van der Waals surface area contributed by atoms with Gasteiger partial charge in [-0.1, -0.05) is 0 Å². The van der Waals surface area contributed by atoms with Crippen LogP contribution in [0.2, 0.25) is 0 Å². The number of hydrogen-bond donors (Lipinski definition) is 3. The minimum atomic E-state index is 0.0982. The molecule has 30 heavy (non-hydrogen) atoms. The maximum atomic E-state index is 7.99. The third kappa shape index (κ3) is 4.23. The van der Waals surface area contributed by atoms with Crippen molar-refractivity contribution in [2.75, 3.05) is 31.1 Å². The van der Waals surface area contributed by atoms with Crippen molar-refractivity contribution >= 4 is 39.2 Å². The van der Waals surface area contributed by atoms with Crippen molar-refractivity contribution in [1.82, 2.24) is 25.1 Å². The molecule has 1 saturated heterocycles. The molecule has 1 aliphatic heterocycles. The van der Waals surface area contributed by atoms with Gasteiger partial charge in [0, 0.05) is 37.6 Å². The van der Waals surface area contributed by atoms with Crippen LogP contribution in [0, 0.1) is 10.8 Å². The molecule has 156 valence electrons. The number of amidine groups is 1. The fourth-order valence-corrected chi connectivity index (χ4v) is 3.90. The molecule has 0 amide bonds. The number of thioether (sulfide) groups is 1. The van der Waals surface area contributed by atoms with Gasteiger partial charge in [0.1, 0.15) is 23.6 Å². The summed E-state index contributed by atoms with van der Waals surface area (Å²) in [5.41, 5.74) is 3.64. The van der Waals surface area contributed by atoms with E-state index in [2.05, 4.69) is 25.1 Å². The Morgan fingerprint density at radius 3 is 2.73 bits per heavy atom. The molecular formula is C20H24N8OS. The lowest BCUT2D eigenvalue weighted by Crippen LogP contribution is -2.48. The van der Waals surface area contributed by atoms with Gasteiger partial charge in [-0.3, -0.25) is 10.5 Å². The lowest BCUT2D eigenvalue weighted by atomic mass is 10.1. The number of rotatable bonds is 5. The number of piperazine rings is 1. The number of anilines is 1. The van der Waals surface area contributed by atoms with Gasteiger partial charge in [-0.25, -0.2) is 9.97 Å². The molecule has 0 saturated carbocycles. The highest BCUT2D eigenvalue weighted by Crippen LogP contribution is 2.30. The maximum Gasteiger partial charge on any atom is 0.162 e. The molecule has 0 aliphatic carbocycles. The molecule has 1 aromatic carbocycles. The van der Waals surface area contributed by atoms with Crippen molar-refractivity contribution in [2.24, 2.45) is 0 Å². The van der Waals surface area contributed by atoms with E-state index in [-0.39, 0.29) is 6.10 Å². The van der Waals surface area contributed by atoms with E-state index >= 15 is 0 Å². The Kier molecular flexibility index (Phi) is 5.84. The fraction of sp³-hybridized carbons (Fsp3) is 0.350. The fourth-order valence-electron chi connectivity index (χ4n) is 3.45. The Balaban J connectivity index is 1.55. The lowest BCUT2D eigenvalue weighted by molar-refractivity contribution is 0.243. The summed E-state index contributed by atoms with van der Waals surface area (Å²) >= 11 is 1.13. The summed E-state index contributed by atoms with van der Waals surface area (Å²) in [5, 5.41) is 24.1. The van der Waals surface area contributed by atoms with E-state index < -0.39 is 0 Å². The minimum absolute atomic E-state index is 0.0982. The number of H-pyrrole nitrogens is 1. The zero-order valence-corrected chi connectivity index (χ0v) is 17.7. The van der Waals surface area contributed by atoms with Gasteiger partial charge in [0.2, 0.25) is 0 Å². The van der Waals surface area contributed by atoms with Gasteiger partial charge >= 0.3 is 0 Å². The summed E-state index contributed by atoms with van der Waals surface area (Å²) in [6.07, 6.45) is 1.67. The maximum absolute atomic E-state index is 7.99. The highest BCUT2D eigenvalue weighted by atomic mass is 32.2. The molecule has 1 fully saturated rings. The van der Waals surface area contributed by atoms with Crippen LogP contribution < -0.4 is 9.64 Å². The molecule has 3 aromatic rings. The van der Waals surface area contributed by atoms with E-state index in [1.807, 2.05) is 43.0 Å². The number of aromatic amines is 1. The summed E-state index contributed by atoms with van der Waals surface area (Å²) < 4.78 is 5.83. The minimum Gasteiger partial charge on any atom is -0.491 e. The van der Waals surface area contributed by atoms with Crippen LogP contribution in [0.3, 0.4) is 0 Å². The van der Waals surface area contributed by atoms with Crippen molar-refractivity contribution < 1.29 is 4.74 Å². The second kappa shape index (κ2) is 8.70. The van der Waals surface area contributed by atoms with Crippen molar-refractivity contribution in [3.05, 3.63) is 30.6 Å². The molecule has 4 rings (SSSR count). The average molecular weight is 425 g/mol. The van der Waals surface area contributed by atoms with Crippen molar-refractivity contribution in [2.45, 2.75) is 20.0 Å². The molecule has 3 N–H and O–H groups in total. The molecule has 10 heteroatoms. The van der Waals surface area contributed by atoms with Crippen LogP contribution in [0.5, 0.6) is 5.75 Å². The van der Waals surface area contributed by atoms with Crippen LogP contribution >= 0.6 is 11.8 Å². The van der Waals surface area contributed by atoms with Crippen molar-refractivity contribution in [1.29, 1.82) is 10.8 Å². The first-order chi connectivity index (χ1) is 14.5. The first kappa shape index (κ1) is 20.1. The smallest absolute Gasteiger partial charge is 0.162 e. The average Bonchev–Trinajstić information content (AvgIpc) is 3.17. The molecule has 0 bridgehead atoms. The Morgan fingerprint density at radius 1 is 1.20 bits per heavy atom. The Hall–Kier alpha value is -3.14. The van der Waals surface area contributed by atoms with E-state index in [4.69, 9.17) is 15.6 Å². The highest BCUT2D eigenvalue weighted by molar-refractivity contribution is 8.24. The second-order valence-corrected chi connectivity index (χ2v) is 8.08. The molecule has 0 radical (unpaired) electrons. The summed E-state index contributed by atoms with van der Waals surface area (Å²) in [7, 11) is 0. The van der Waals surface area contributed by atoms with Gasteiger partial charge in [-0.2, -0.15) is 5.10 Å². The van der Waals surface area contributed by atoms with Gasteiger partial charge < -0.3 is 19.9 Å². The predicted molar refractivity (Wildman–Crippen MR) is 121 cm³/mol. The number of nitrogens with one attached hydrogen (secondary N) is 3. The SMILES string of the molecule is CC(C)Oc1ccc2[nH]nc(-c3cc(N4CCN(C(=N)SC=N)CC4)ncn3)c2c1. The zero-order valence-electron chi connectivity index (χ0n) is 16.9. The molecule has 3 heterocycles. The first-order valence-corrected chi connectivity index (χ1v) is 10.6. The summed E-state index contributed by atoms with van der Waals surface area (Å²) in [4.78, 5) is 13.1. The largest absolute Gasteiger partial charge is 0.491 e. The van der Waals surface area contributed by atoms with Crippen LogP contribution in [0.15, 0.2) is 30.6 Å². The van der Waals surface area contributed by atoms with Crippen LogP contribution in [-0.2, 0) is 0 Å². The quantitative estimate of drug-likeness (QED) is 0.425. The molecule has 0 spiro atoms. The third-order valence-electron chi connectivity index (χ3n) is 4.86. The van der Waals surface area contributed by atoms with Gasteiger partial charge in [-0.15, -0.1) is 0 Å². The van der Waals surface area contributed by atoms with E-state index in [0.29, 0.717) is 5.17 Å². The lowest BCUT2D eigenvalue weighted by Gasteiger charge is -2.36. The zero-order chi connectivity index (χ0) is 21.1. The summed E-state index contributed by atoms with van der Waals surface area (Å²) in [5.74, 6) is 1.65. The summed E-state index contributed by atoms with van der Waals surface area (Å²) in [6, 6.07) is 7.84. The molecule has 9 nitrogen and oxygen atoms in total. The third-order valence-corrected chi connectivity index (χ3v) is 5.46. The Labute approximate surface area is 178 Å². The van der Waals surface area contributed by atoms with Crippen LogP contribution in [0.4, 0.5) is 5.82 Å². The first-order valence-electron chi connectivity index (χ1n) is 9.76. The van der Waals surface area contributed by atoms with Crippen LogP contribution in [0.25, 0.3) is 22.3 Å². The topological polar surface area (TPSA) is 118 Å². The molecule has 1 aliphatic rings. The number of benzene rings is 1. The van der Waals surface area contributed by atoms with Gasteiger partial charge in [0.05, 0.1) is 22.9 Å². The highest BCUT2D eigenvalue weighted by Gasteiger charge is 2.21. The molecule has 0 atom stereocenters. The molecular weight excluding hydrogens is 400 g/mol. The van der Waals surface area contributed by atoms with E-state index in [1.165, 1.54) is 5.55 Å². The number of nitrogens with zero attached hydrogens (tertiary/aromatic N) is 5. The van der Waals surface area contributed by atoms with Gasteiger partial charge in [0.25, 0.3) is 0 Å². The predicted octanol–water partition coefficient (Wildman–Crippen LogP) is 3.20. The standard InChI is InChI=1S/C20H24N8OS/c1-13(2)29-14-3-4-16-15(9-14)19(26-25-16)17-10-18(24-12-23-17)27-5-7-28(8-6-27)20(22)30-11-21/h3-4,9-13,21-22H,5-8H2,1-2H3,(H,25,26). The number of hydrogen-bond acceptors (Lipinski definition) is 8. The van der Waals surface area contributed by atoms with Crippen molar-refractivity contribution in [3.63, 3.8) is 0 Å². The Bertz CT molecular complexity index is 1060. The summed E-state index contributed by atoms with van der Waals surface area (Å²) in [6.45, 7) is 6.96.